The summed E-state index contributed by atoms with van der Waals surface area (Å²) in [6.45, 7) is 0. The molecule has 0 radical (unpaired) electrons. The molecular weight excluding hydrogens is 252 g/mol. The molecule has 0 N–H and O–H groups in total. The Balaban J connectivity index is 2.13. The first-order valence-corrected chi connectivity index (χ1v) is 6.54. The molecule has 0 amide bonds. The fraction of sp³-hybridized carbons (Fsp3) is 0.176. The van der Waals surface area contributed by atoms with Crippen LogP contribution in [0, 0.1) is 0 Å². The van der Waals surface area contributed by atoms with E-state index >= 15 is 0 Å². The van der Waals surface area contributed by atoms with Crippen LogP contribution in [0.4, 0.5) is 0 Å². The highest BCUT2D eigenvalue weighted by atomic mass is 16.5. The number of hydrogen-bond acceptors (Lipinski definition) is 3. The molecule has 0 saturated heterocycles. The van der Waals surface area contributed by atoms with Gasteiger partial charge in [0.25, 0.3) is 0 Å². The SMILES string of the molecule is COC(=O)c1ccc2c(c1)C(=O)c1ccccc1CC2. The van der Waals surface area contributed by atoms with Gasteiger partial charge in [-0.25, -0.2) is 4.79 Å². The number of fused-ring (bicyclic) bond motifs is 2. The van der Waals surface area contributed by atoms with Gasteiger partial charge in [0.15, 0.2) is 5.78 Å². The second-order valence-corrected chi connectivity index (χ2v) is 4.85. The topological polar surface area (TPSA) is 43.4 Å². The molecule has 0 unspecified atom stereocenters. The summed E-state index contributed by atoms with van der Waals surface area (Å²) < 4.78 is 4.71. The van der Waals surface area contributed by atoms with Gasteiger partial charge in [-0.1, -0.05) is 30.3 Å². The Hall–Kier alpha value is -2.42. The van der Waals surface area contributed by atoms with E-state index in [2.05, 4.69) is 0 Å². The number of esters is 1. The second-order valence-electron chi connectivity index (χ2n) is 4.85. The van der Waals surface area contributed by atoms with Crippen LogP contribution in [0.15, 0.2) is 42.5 Å². The summed E-state index contributed by atoms with van der Waals surface area (Å²) in [6, 6.07) is 12.9. The fourth-order valence-corrected chi connectivity index (χ4v) is 2.62. The van der Waals surface area contributed by atoms with E-state index in [1.54, 1.807) is 12.1 Å². The largest absolute Gasteiger partial charge is 0.465 e. The van der Waals surface area contributed by atoms with Gasteiger partial charge in [0.2, 0.25) is 0 Å². The minimum atomic E-state index is -0.418. The first-order chi connectivity index (χ1) is 9.70. The average molecular weight is 266 g/mol. The van der Waals surface area contributed by atoms with Gasteiger partial charge in [0.1, 0.15) is 0 Å². The summed E-state index contributed by atoms with van der Waals surface area (Å²) >= 11 is 0. The zero-order valence-electron chi connectivity index (χ0n) is 11.2. The van der Waals surface area contributed by atoms with Gasteiger partial charge in [-0.2, -0.15) is 0 Å². The molecule has 0 saturated carbocycles. The highest BCUT2D eigenvalue weighted by Gasteiger charge is 2.22. The number of methoxy groups -OCH3 is 1. The number of hydrogen-bond donors (Lipinski definition) is 0. The van der Waals surface area contributed by atoms with Crippen molar-refractivity contribution in [3.05, 3.63) is 70.3 Å². The molecule has 2 aromatic rings. The molecule has 1 aliphatic rings. The smallest absolute Gasteiger partial charge is 0.337 e. The molecule has 1 aliphatic carbocycles. The number of ether oxygens (including phenoxy) is 1. The van der Waals surface area contributed by atoms with Crippen molar-refractivity contribution < 1.29 is 14.3 Å². The maximum absolute atomic E-state index is 12.6. The molecule has 0 aliphatic heterocycles. The van der Waals surface area contributed by atoms with Gasteiger partial charge in [0.05, 0.1) is 12.7 Å². The van der Waals surface area contributed by atoms with Crippen LogP contribution in [0.2, 0.25) is 0 Å². The number of benzene rings is 2. The molecule has 100 valence electrons. The molecule has 3 heteroatoms. The highest BCUT2D eigenvalue weighted by Crippen LogP contribution is 2.25. The lowest BCUT2D eigenvalue weighted by Gasteiger charge is -2.07. The van der Waals surface area contributed by atoms with Crippen molar-refractivity contribution in [2.45, 2.75) is 12.8 Å². The molecule has 0 fully saturated rings. The molecule has 3 rings (SSSR count). The van der Waals surface area contributed by atoms with E-state index in [0.29, 0.717) is 11.1 Å². The van der Waals surface area contributed by atoms with Crippen molar-refractivity contribution in [3.8, 4) is 0 Å². The van der Waals surface area contributed by atoms with Crippen molar-refractivity contribution in [1.82, 2.24) is 0 Å². The second kappa shape index (κ2) is 4.93. The number of carbonyl (C=O) groups excluding carboxylic acids is 2. The Morgan fingerprint density at radius 2 is 1.70 bits per heavy atom. The van der Waals surface area contributed by atoms with Gasteiger partial charge in [-0.05, 0) is 36.1 Å². The molecule has 0 atom stereocenters. The molecule has 0 aromatic heterocycles. The summed E-state index contributed by atoms with van der Waals surface area (Å²) in [7, 11) is 1.34. The molecule has 0 bridgehead atoms. The Labute approximate surface area is 117 Å². The predicted molar refractivity (Wildman–Crippen MR) is 75.1 cm³/mol. The lowest BCUT2D eigenvalue weighted by atomic mass is 9.97. The van der Waals surface area contributed by atoms with Crippen molar-refractivity contribution in [1.29, 1.82) is 0 Å². The average Bonchev–Trinajstić information content (AvgIpc) is 2.64. The Bertz CT molecular complexity index is 701. The third-order valence-electron chi connectivity index (χ3n) is 3.70. The summed E-state index contributed by atoms with van der Waals surface area (Å²) in [6.07, 6.45) is 1.64. The van der Waals surface area contributed by atoms with Crippen molar-refractivity contribution in [2.24, 2.45) is 0 Å². The van der Waals surface area contributed by atoms with E-state index in [1.807, 2.05) is 30.3 Å². The van der Waals surface area contributed by atoms with Gasteiger partial charge < -0.3 is 4.74 Å². The van der Waals surface area contributed by atoms with E-state index in [-0.39, 0.29) is 5.78 Å². The van der Waals surface area contributed by atoms with E-state index < -0.39 is 5.97 Å². The van der Waals surface area contributed by atoms with Crippen LogP contribution in [0.25, 0.3) is 0 Å². The van der Waals surface area contributed by atoms with Gasteiger partial charge in [-0.15, -0.1) is 0 Å². The number of aryl methyl sites for hydroxylation is 2. The van der Waals surface area contributed by atoms with E-state index in [0.717, 1.165) is 29.5 Å². The predicted octanol–water partition coefficient (Wildman–Crippen LogP) is 2.80. The summed E-state index contributed by atoms with van der Waals surface area (Å²) in [5.74, 6) is -0.433. The van der Waals surface area contributed by atoms with Crippen LogP contribution in [-0.2, 0) is 17.6 Å². The van der Waals surface area contributed by atoms with Crippen molar-refractivity contribution >= 4 is 11.8 Å². The number of rotatable bonds is 1. The van der Waals surface area contributed by atoms with Crippen molar-refractivity contribution in [2.75, 3.05) is 7.11 Å². The van der Waals surface area contributed by atoms with Crippen molar-refractivity contribution in [3.63, 3.8) is 0 Å². The maximum Gasteiger partial charge on any atom is 0.337 e. The fourth-order valence-electron chi connectivity index (χ4n) is 2.62. The summed E-state index contributed by atoms with van der Waals surface area (Å²) in [5, 5.41) is 0. The molecule has 3 nitrogen and oxygen atoms in total. The lowest BCUT2D eigenvalue weighted by Crippen LogP contribution is -2.08. The molecule has 0 heterocycles. The Morgan fingerprint density at radius 3 is 2.45 bits per heavy atom. The third kappa shape index (κ3) is 2.01. The van der Waals surface area contributed by atoms with Gasteiger partial charge >= 0.3 is 5.97 Å². The van der Waals surface area contributed by atoms with Crippen LogP contribution in [0.1, 0.15) is 37.4 Å². The van der Waals surface area contributed by atoms with Crippen LogP contribution in [-0.4, -0.2) is 18.9 Å². The lowest BCUT2D eigenvalue weighted by molar-refractivity contribution is 0.0600. The number of carbonyl (C=O) groups is 2. The molecule has 2 aromatic carbocycles. The maximum atomic E-state index is 12.6. The first-order valence-electron chi connectivity index (χ1n) is 6.54. The first kappa shape index (κ1) is 12.6. The van der Waals surface area contributed by atoms with Crippen LogP contribution in [0.3, 0.4) is 0 Å². The minimum Gasteiger partial charge on any atom is -0.465 e. The van der Waals surface area contributed by atoms with Crippen LogP contribution < -0.4 is 0 Å². The van der Waals surface area contributed by atoms with E-state index in [4.69, 9.17) is 4.74 Å². The van der Waals surface area contributed by atoms with Gasteiger partial charge in [0, 0.05) is 11.1 Å². The molecule has 20 heavy (non-hydrogen) atoms. The number of ketones is 1. The zero-order chi connectivity index (χ0) is 14.1. The normalized spacial score (nSPS) is 13.2. The Kier molecular flexibility index (Phi) is 3.11. The van der Waals surface area contributed by atoms with Crippen LogP contribution >= 0.6 is 0 Å². The van der Waals surface area contributed by atoms with E-state index in [1.165, 1.54) is 7.11 Å². The monoisotopic (exact) mass is 266 g/mol. The van der Waals surface area contributed by atoms with Crippen LogP contribution in [0.5, 0.6) is 0 Å². The standard InChI is InChI=1S/C17H14O3/c1-20-17(19)13-9-8-12-7-6-11-4-2-3-5-14(11)16(18)15(12)10-13/h2-5,8-10H,6-7H2,1H3. The quantitative estimate of drug-likeness (QED) is 0.745. The molecular formula is C17H14O3. The molecule has 0 spiro atoms. The van der Waals surface area contributed by atoms with Gasteiger partial charge in [-0.3, -0.25) is 4.79 Å². The van der Waals surface area contributed by atoms with E-state index in [9.17, 15) is 9.59 Å². The third-order valence-corrected chi connectivity index (χ3v) is 3.70. The summed E-state index contributed by atoms with van der Waals surface area (Å²) in [4.78, 5) is 24.2. The highest BCUT2D eigenvalue weighted by molar-refractivity contribution is 6.12. The minimum absolute atomic E-state index is 0.0150. The Morgan fingerprint density at radius 1 is 1.00 bits per heavy atom. The summed E-state index contributed by atoms with van der Waals surface area (Å²) in [5.41, 5.74) is 3.80. The zero-order valence-corrected chi connectivity index (χ0v) is 11.2.